The fourth-order valence-electron chi connectivity index (χ4n) is 3.25. The van der Waals surface area contributed by atoms with Gasteiger partial charge in [-0.3, -0.25) is 4.79 Å². The number of anilines is 1. The van der Waals surface area contributed by atoms with Crippen LogP contribution in [0.2, 0.25) is 0 Å². The van der Waals surface area contributed by atoms with Crippen LogP contribution in [0.15, 0.2) is 54.9 Å². The fraction of sp³-hybridized carbons (Fsp3) is 0.167. The molecular weight excluding hydrogens is 435 g/mol. The Kier molecular flexibility index (Phi) is 6.23. The molecular formula is C24H20F3N3OS. The van der Waals surface area contributed by atoms with Crippen molar-refractivity contribution in [2.75, 3.05) is 10.5 Å². The lowest BCUT2D eigenvalue weighted by atomic mass is 10.00. The molecule has 2 heterocycles. The molecule has 0 saturated heterocycles. The molecule has 0 aliphatic rings. The third-order valence-electron chi connectivity index (χ3n) is 4.87. The summed E-state index contributed by atoms with van der Waals surface area (Å²) in [6.45, 7) is 4.05. The molecule has 4 aromatic rings. The van der Waals surface area contributed by atoms with Crippen LogP contribution in [0.5, 0.6) is 0 Å². The number of fused-ring (bicyclic) bond motifs is 1. The first-order valence-electron chi connectivity index (χ1n) is 9.98. The van der Waals surface area contributed by atoms with E-state index < -0.39 is 23.0 Å². The van der Waals surface area contributed by atoms with Crippen LogP contribution in [0.1, 0.15) is 29.8 Å². The maximum atomic E-state index is 15.1. The van der Waals surface area contributed by atoms with Crippen molar-refractivity contribution >= 4 is 34.5 Å². The Labute approximate surface area is 187 Å². The van der Waals surface area contributed by atoms with E-state index in [1.807, 2.05) is 13.8 Å². The number of carbonyl (C=O) groups excluding carboxylic acids is 1. The second-order valence-corrected chi connectivity index (χ2v) is 8.58. The number of halogens is 3. The van der Waals surface area contributed by atoms with Gasteiger partial charge in [-0.15, -0.1) is 0 Å². The first-order chi connectivity index (χ1) is 15.3. The van der Waals surface area contributed by atoms with Gasteiger partial charge in [-0.1, -0.05) is 37.9 Å². The number of hydrogen-bond donors (Lipinski definition) is 2. The first-order valence-corrected chi connectivity index (χ1v) is 11.0. The molecule has 2 aromatic heterocycles. The molecule has 0 spiro atoms. The van der Waals surface area contributed by atoms with E-state index >= 15 is 4.39 Å². The zero-order valence-corrected chi connectivity index (χ0v) is 18.2. The van der Waals surface area contributed by atoms with Crippen molar-refractivity contribution in [1.29, 1.82) is 0 Å². The summed E-state index contributed by atoms with van der Waals surface area (Å²) in [7, 11) is 0. The zero-order chi connectivity index (χ0) is 22.8. The van der Waals surface area contributed by atoms with Gasteiger partial charge in [-0.25, -0.2) is 18.2 Å². The highest BCUT2D eigenvalue weighted by Crippen LogP contribution is 2.30. The van der Waals surface area contributed by atoms with E-state index in [9.17, 15) is 13.6 Å². The van der Waals surface area contributed by atoms with Crippen LogP contribution in [0, 0.1) is 23.4 Å². The summed E-state index contributed by atoms with van der Waals surface area (Å²) in [6.07, 6.45) is 2.97. The van der Waals surface area contributed by atoms with Crippen LogP contribution in [-0.4, -0.2) is 21.5 Å². The molecule has 0 fully saturated rings. The number of benzene rings is 2. The Hall–Kier alpha value is -3.26. The summed E-state index contributed by atoms with van der Waals surface area (Å²) in [5.41, 5.74) is 1.26. The fourth-order valence-corrected chi connectivity index (χ4v) is 3.98. The number of pyridine rings is 1. The summed E-state index contributed by atoms with van der Waals surface area (Å²) < 4.78 is 45.7. The molecule has 0 aliphatic carbocycles. The molecule has 2 N–H and O–H groups in total. The van der Waals surface area contributed by atoms with Gasteiger partial charge in [0, 0.05) is 34.7 Å². The highest BCUT2D eigenvalue weighted by molar-refractivity contribution is 8.00. The second-order valence-electron chi connectivity index (χ2n) is 7.75. The minimum Gasteiger partial charge on any atom is -0.345 e. The van der Waals surface area contributed by atoms with Crippen LogP contribution >= 0.6 is 11.9 Å². The molecule has 4 rings (SSSR count). The molecule has 2 aromatic carbocycles. The standard InChI is InChI=1S/C24H20F3N3OS/c1-13(2)12-32-30-20-8-7-19(26)21(22(20)27)23(31)18-11-29-24-17(18)9-15(10-28-24)14-3-5-16(25)6-4-14/h3-11,13,30H,12H2,1-2H3,(H,28,29). The monoisotopic (exact) mass is 455 g/mol. The van der Waals surface area contributed by atoms with Crippen molar-refractivity contribution in [2.45, 2.75) is 13.8 Å². The minimum atomic E-state index is -0.941. The molecule has 0 amide bonds. The van der Waals surface area contributed by atoms with E-state index in [-0.39, 0.29) is 17.1 Å². The van der Waals surface area contributed by atoms with Gasteiger partial charge in [0.2, 0.25) is 5.78 Å². The SMILES string of the molecule is CC(C)CSNc1ccc(F)c(C(=O)c2c[nH]c3ncc(-c4ccc(F)cc4)cc23)c1F. The average molecular weight is 456 g/mol. The van der Waals surface area contributed by atoms with E-state index in [4.69, 9.17) is 0 Å². The highest BCUT2D eigenvalue weighted by Gasteiger charge is 2.24. The summed E-state index contributed by atoms with van der Waals surface area (Å²) >= 11 is 1.29. The van der Waals surface area contributed by atoms with Crippen LogP contribution < -0.4 is 4.72 Å². The molecule has 8 heteroatoms. The first kappa shape index (κ1) is 22.0. The normalized spacial score (nSPS) is 11.3. The van der Waals surface area contributed by atoms with Gasteiger partial charge in [0.25, 0.3) is 0 Å². The molecule has 4 nitrogen and oxygen atoms in total. The highest BCUT2D eigenvalue weighted by atomic mass is 32.2. The molecule has 164 valence electrons. The lowest BCUT2D eigenvalue weighted by Gasteiger charge is -2.11. The van der Waals surface area contributed by atoms with Crippen molar-refractivity contribution < 1.29 is 18.0 Å². The summed E-state index contributed by atoms with van der Waals surface area (Å²) in [4.78, 5) is 20.3. The molecule has 0 unspecified atom stereocenters. The van der Waals surface area contributed by atoms with E-state index in [0.29, 0.717) is 28.1 Å². The zero-order valence-electron chi connectivity index (χ0n) is 17.4. The van der Waals surface area contributed by atoms with Gasteiger partial charge in [0.15, 0.2) is 5.82 Å². The molecule has 0 aliphatic heterocycles. The minimum absolute atomic E-state index is 0.0466. The number of H-pyrrole nitrogens is 1. The predicted molar refractivity (Wildman–Crippen MR) is 122 cm³/mol. The molecule has 0 radical (unpaired) electrons. The Bertz CT molecular complexity index is 1290. The van der Waals surface area contributed by atoms with Gasteiger partial charge >= 0.3 is 0 Å². The average Bonchev–Trinajstić information content (AvgIpc) is 3.19. The van der Waals surface area contributed by atoms with Crippen LogP contribution in [-0.2, 0) is 0 Å². The number of rotatable bonds is 7. The lowest BCUT2D eigenvalue weighted by molar-refractivity contribution is 0.103. The van der Waals surface area contributed by atoms with Crippen LogP contribution in [0.3, 0.4) is 0 Å². The number of hydrogen-bond acceptors (Lipinski definition) is 4. The van der Waals surface area contributed by atoms with E-state index in [1.54, 1.807) is 24.4 Å². The largest absolute Gasteiger partial charge is 0.345 e. The number of nitrogens with one attached hydrogen (secondary N) is 2. The number of aromatic nitrogens is 2. The van der Waals surface area contributed by atoms with Crippen LogP contribution in [0.4, 0.5) is 18.9 Å². The predicted octanol–water partition coefficient (Wildman–Crippen LogP) is 6.59. The van der Waals surface area contributed by atoms with Gasteiger partial charge in [-0.2, -0.15) is 0 Å². The Balaban J connectivity index is 1.72. The number of ketones is 1. The van der Waals surface area contributed by atoms with E-state index in [2.05, 4.69) is 14.7 Å². The van der Waals surface area contributed by atoms with E-state index in [0.717, 1.165) is 11.8 Å². The molecule has 32 heavy (non-hydrogen) atoms. The van der Waals surface area contributed by atoms with Gasteiger partial charge < -0.3 is 9.71 Å². The Morgan fingerprint density at radius 2 is 1.84 bits per heavy atom. The Morgan fingerprint density at radius 1 is 1.09 bits per heavy atom. The van der Waals surface area contributed by atoms with Crippen molar-refractivity contribution in [3.8, 4) is 11.1 Å². The maximum Gasteiger partial charge on any atom is 0.201 e. The third kappa shape index (κ3) is 4.36. The number of nitrogens with zero attached hydrogens (tertiary/aromatic N) is 1. The van der Waals surface area contributed by atoms with Crippen molar-refractivity contribution in [1.82, 2.24) is 9.97 Å². The maximum absolute atomic E-state index is 15.1. The topological polar surface area (TPSA) is 57.8 Å². The second kappa shape index (κ2) is 9.08. The summed E-state index contributed by atoms with van der Waals surface area (Å²) in [5.74, 6) is -1.94. The van der Waals surface area contributed by atoms with Gasteiger partial charge in [-0.05, 0) is 41.8 Å². The number of carbonyl (C=O) groups is 1. The van der Waals surface area contributed by atoms with Crippen molar-refractivity contribution in [3.05, 3.63) is 83.4 Å². The third-order valence-corrected chi connectivity index (χ3v) is 6.07. The molecule has 0 bridgehead atoms. The quantitative estimate of drug-likeness (QED) is 0.244. The molecule has 0 saturated carbocycles. The van der Waals surface area contributed by atoms with Gasteiger partial charge in [0.1, 0.15) is 17.3 Å². The van der Waals surface area contributed by atoms with Crippen LogP contribution in [0.25, 0.3) is 22.2 Å². The number of aromatic amines is 1. The Morgan fingerprint density at radius 3 is 2.56 bits per heavy atom. The summed E-state index contributed by atoms with van der Waals surface area (Å²) in [6, 6.07) is 9.87. The summed E-state index contributed by atoms with van der Waals surface area (Å²) in [5, 5.41) is 0.420. The van der Waals surface area contributed by atoms with Crippen molar-refractivity contribution in [3.63, 3.8) is 0 Å². The molecule has 0 atom stereocenters. The van der Waals surface area contributed by atoms with E-state index in [1.165, 1.54) is 36.3 Å². The smallest absolute Gasteiger partial charge is 0.201 e. The lowest BCUT2D eigenvalue weighted by Crippen LogP contribution is -2.09. The van der Waals surface area contributed by atoms with Gasteiger partial charge in [0.05, 0.1) is 11.3 Å². The van der Waals surface area contributed by atoms with Crippen molar-refractivity contribution in [2.24, 2.45) is 5.92 Å².